The van der Waals surface area contributed by atoms with Gasteiger partial charge < -0.3 is 4.74 Å². The van der Waals surface area contributed by atoms with Gasteiger partial charge in [0.15, 0.2) is 0 Å². The van der Waals surface area contributed by atoms with Crippen LogP contribution in [0.5, 0.6) is 0 Å². The molecule has 0 fully saturated rings. The summed E-state index contributed by atoms with van der Waals surface area (Å²) in [6.07, 6.45) is 0.636. The van der Waals surface area contributed by atoms with Crippen LogP contribution in [0.3, 0.4) is 0 Å². The molecule has 0 amide bonds. The molecule has 1 aliphatic rings. The maximum atomic E-state index is 13.3. The van der Waals surface area contributed by atoms with Crippen molar-refractivity contribution in [2.75, 3.05) is 6.54 Å². The van der Waals surface area contributed by atoms with E-state index in [0.29, 0.717) is 37.6 Å². The van der Waals surface area contributed by atoms with E-state index < -0.39 is 10.0 Å². The average Bonchev–Trinajstić information content (AvgIpc) is 3.09. The molecule has 7 heteroatoms. The van der Waals surface area contributed by atoms with E-state index in [4.69, 9.17) is 4.74 Å². The monoisotopic (exact) mass is 453 g/mol. The smallest absolute Gasteiger partial charge is 0.243 e. The largest absolute Gasteiger partial charge is 0.370 e. The molecule has 0 aliphatic carbocycles. The van der Waals surface area contributed by atoms with E-state index in [1.54, 1.807) is 16.4 Å². The van der Waals surface area contributed by atoms with Crippen LogP contribution in [0.2, 0.25) is 0 Å². The van der Waals surface area contributed by atoms with Gasteiger partial charge in [-0.25, -0.2) is 8.42 Å². The molecule has 1 aliphatic heterocycles. The molecule has 3 aromatic rings. The van der Waals surface area contributed by atoms with Crippen LogP contribution in [0.1, 0.15) is 48.8 Å². The summed E-state index contributed by atoms with van der Waals surface area (Å²) in [6, 6.07) is 17.3. The Morgan fingerprint density at radius 2 is 1.69 bits per heavy atom. The quantitative estimate of drug-likeness (QED) is 0.562. The van der Waals surface area contributed by atoms with Gasteiger partial charge in [0, 0.05) is 37.8 Å². The molecule has 0 bridgehead atoms. The number of ether oxygens (including phenoxy) is 1. The Labute approximate surface area is 190 Å². The van der Waals surface area contributed by atoms with Crippen LogP contribution in [-0.4, -0.2) is 29.0 Å². The minimum Gasteiger partial charge on any atom is -0.370 e. The number of rotatable bonds is 6. The molecule has 32 heavy (non-hydrogen) atoms. The molecule has 0 radical (unpaired) electrons. The number of hydrogen-bond acceptors (Lipinski definition) is 4. The lowest BCUT2D eigenvalue weighted by Crippen LogP contribution is -2.36. The number of sulfonamides is 1. The summed E-state index contributed by atoms with van der Waals surface area (Å²) in [6.45, 7) is 7.96. The first-order valence-electron chi connectivity index (χ1n) is 10.9. The minimum atomic E-state index is -3.58. The van der Waals surface area contributed by atoms with Crippen LogP contribution < -0.4 is 0 Å². The van der Waals surface area contributed by atoms with Crippen molar-refractivity contribution in [1.29, 1.82) is 0 Å². The third kappa shape index (κ3) is 4.65. The molecule has 0 atom stereocenters. The summed E-state index contributed by atoms with van der Waals surface area (Å²) in [4.78, 5) is 0.333. The highest BCUT2D eigenvalue weighted by Crippen LogP contribution is 2.29. The van der Waals surface area contributed by atoms with E-state index in [9.17, 15) is 8.42 Å². The lowest BCUT2D eigenvalue weighted by molar-refractivity contribution is 0.103. The van der Waals surface area contributed by atoms with Gasteiger partial charge in [0.05, 0.1) is 23.8 Å². The van der Waals surface area contributed by atoms with Crippen LogP contribution >= 0.6 is 0 Å². The molecule has 2 aromatic carbocycles. The Morgan fingerprint density at radius 1 is 1.00 bits per heavy atom. The summed E-state index contributed by atoms with van der Waals surface area (Å²) >= 11 is 0. The van der Waals surface area contributed by atoms with Gasteiger partial charge in [-0.3, -0.25) is 4.68 Å². The number of fused-ring (bicyclic) bond motifs is 1. The van der Waals surface area contributed by atoms with Crippen LogP contribution in [0.4, 0.5) is 0 Å². The molecular weight excluding hydrogens is 422 g/mol. The standard InChI is InChI=1S/C25H31N3O3S/c1-25(2,3)20-10-12-21(13-11-20)32(29,30)28-15-14-24-22(16-28)23(26-27(24)4)18-31-17-19-8-6-5-7-9-19/h5-13H,14-18H2,1-4H3. The third-order valence-corrected chi connectivity index (χ3v) is 7.86. The van der Waals surface area contributed by atoms with Crippen molar-refractivity contribution >= 4 is 10.0 Å². The van der Waals surface area contributed by atoms with Crippen molar-refractivity contribution in [2.45, 2.75) is 57.3 Å². The first-order valence-corrected chi connectivity index (χ1v) is 12.4. The van der Waals surface area contributed by atoms with E-state index >= 15 is 0 Å². The lowest BCUT2D eigenvalue weighted by Gasteiger charge is -2.27. The van der Waals surface area contributed by atoms with Gasteiger partial charge in [0.1, 0.15) is 0 Å². The molecular formula is C25H31N3O3S. The molecule has 0 saturated carbocycles. The Hall–Kier alpha value is -2.48. The highest BCUT2D eigenvalue weighted by atomic mass is 32.2. The molecule has 0 N–H and O–H groups in total. The Bertz CT molecular complexity index is 1180. The van der Waals surface area contributed by atoms with Gasteiger partial charge in [-0.15, -0.1) is 0 Å². The second-order valence-electron chi connectivity index (χ2n) is 9.34. The molecule has 4 rings (SSSR count). The number of nitrogens with zero attached hydrogens (tertiary/aromatic N) is 3. The molecule has 2 heterocycles. The number of hydrogen-bond donors (Lipinski definition) is 0. The second kappa shape index (κ2) is 8.81. The van der Waals surface area contributed by atoms with Crippen molar-refractivity contribution in [3.63, 3.8) is 0 Å². The molecule has 0 saturated heterocycles. The zero-order valence-electron chi connectivity index (χ0n) is 19.2. The summed E-state index contributed by atoms with van der Waals surface area (Å²) in [5.41, 5.74) is 5.04. The number of aryl methyl sites for hydroxylation is 1. The molecule has 1 aromatic heterocycles. The number of aromatic nitrogens is 2. The summed E-state index contributed by atoms with van der Waals surface area (Å²) in [5.74, 6) is 0. The topological polar surface area (TPSA) is 64.4 Å². The average molecular weight is 454 g/mol. The zero-order valence-corrected chi connectivity index (χ0v) is 20.0. The predicted molar refractivity (Wildman–Crippen MR) is 125 cm³/mol. The van der Waals surface area contributed by atoms with Crippen LogP contribution in [-0.2, 0) is 53.4 Å². The zero-order chi connectivity index (χ0) is 22.9. The highest BCUT2D eigenvalue weighted by molar-refractivity contribution is 7.89. The minimum absolute atomic E-state index is 0.0212. The SMILES string of the molecule is Cn1nc(COCc2ccccc2)c2c1CCN(S(=O)(=O)c1ccc(C(C)(C)C)cc1)C2. The van der Waals surface area contributed by atoms with Crippen molar-refractivity contribution in [1.82, 2.24) is 14.1 Å². The number of benzene rings is 2. The van der Waals surface area contributed by atoms with E-state index in [1.165, 1.54) is 0 Å². The first-order chi connectivity index (χ1) is 15.2. The summed E-state index contributed by atoms with van der Waals surface area (Å²) in [7, 11) is -1.67. The van der Waals surface area contributed by atoms with Crippen molar-refractivity contribution in [3.8, 4) is 0 Å². The van der Waals surface area contributed by atoms with Crippen LogP contribution in [0.25, 0.3) is 0 Å². The van der Waals surface area contributed by atoms with E-state index in [-0.39, 0.29) is 5.41 Å². The van der Waals surface area contributed by atoms with Crippen LogP contribution in [0, 0.1) is 0 Å². The molecule has 0 spiro atoms. The third-order valence-electron chi connectivity index (χ3n) is 6.00. The fraction of sp³-hybridized carbons (Fsp3) is 0.400. The Morgan fingerprint density at radius 3 is 2.34 bits per heavy atom. The van der Waals surface area contributed by atoms with Gasteiger partial charge in [-0.2, -0.15) is 9.40 Å². The van der Waals surface area contributed by atoms with Crippen LogP contribution in [0.15, 0.2) is 59.5 Å². The fourth-order valence-electron chi connectivity index (χ4n) is 4.08. The van der Waals surface area contributed by atoms with Gasteiger partial charge in [-0.1, -0.05) is 63.2 Å². The van der Waals surface area contributed by atoms with Crippen molar-refractivity contribution in [2.24, 2.45) is 7.05 Å². The highest BCUT2D eigenvalue weighted by Gasteiger charge is 2.32. The normalized spacial score (nSPS) is 15.0. The van der Waals surface area contributed by atoms with Crippen molar-refractivity contribution in [3.05, 3.63) is 82.7 Å². The molecule has 170 valence electrons. The van der Waals surface area contributed by atoms with Gasteiger partial charge in [0.25, 0.3) is 0 Å². The van der Waals surface area contributed by atoms with Gasteiger partial charge in [0.2, 0.25) is 10.0 Å². The predicted octanol–water partition coefficient (Wildman–Crippen LogP) is 4.18. The Kier molecular flexibility index (Phi) is 6.25. The summed E-state index contributed by atoms with van der Waals surface area (Å²) in [5, 5.41) is 4.62. The maximum Gasteiger partial charge on any atom is 0.243 e. The first kappa shape index (κ1) is 22.7. The lowest BCUT2D eigenvalue weighted by atomic mass is 9.87. The summed E-state index contributed by atoms with van der Waals surface area (Å²) < 4.78 is 36.0. The van der Waals surface area contributed by atoms with Crippen molar-refractivity contribution < 1.29 is 13.2 Å². The van der Waals surface area contributed by atoms with E-state index in [0.717, 1.165) is 28.1 Å². The molecule has 6 nitrogen and oxygen atoms in total. The Balaban J connectivity index is 1.51. The van der Waals surface area contributed by atoms with Gasteiger partial charge >= 0.3 is 0 Å². The fourth-order valence-corrected chi connectivity index (χ4v) is 5.49. The second-order valence-corrected chi connectivity index (χ2v) is 11.3. The van der Waals surface area contributed by atoms with E-state index in [1.807, 2.05) is 54.2 Å². The van der Waals surface area contributed by atoms with Gasteiger partial charge in [-0.05, 0) is 28.7 Å². The van der Waals surface area contributed by atoms with E-state index in [2.05, 4.69) is 25.9 Å². The molecule has 0 unspecified atom stereocenters. The maximum absolute atomic E-state index is 13.3.